The molecular weight excluding hydrogens is 308 g/mol. The Morgan fingerprint density at radius 2 is 1.72 bits per heavy atom. The second-order valence-electron chi connectivity index (χ2n) is 6.89. The van der Waals surface area contributed by atoms with Crippen LogP contribution in [0, 0.1) is 22.7 Å². The molecule has 0 radical (unpaired) electrons. The quantitative estimate of drug-likeness (QED) is 0.838. The van der Waals surface area contributed by atoms with Crippen molar-refractivity contribution in [2.75, 3.05) is 24.7 Å². The number of nitrogens with zero attached hydrogens (tertiary/aromatic N) is 3. The standard InChI is InChI=1S/C21H22N4/c1-13-5-4-6-16-19(13)17(11-22)21(24)18(12-23)20(16)14-7-9-15(10-8-14)25(2)3/h7-10,13H,4-6,24H2,1-3H3/t13-/m0/s1. The highest BCUT2D eigenvalue weighted by Gasteiger charge is 2.28. The average molecular weight is 330 g/mol. The second kappa shape index (κ2) is 6.49. The lowest BCUT2D eigenvalue weighted by Gasteiger charge is -2.28. The van der Waals surface area contributed by atoms with Crippen molar-refractivity contribution < 1.29 is 0 Å². The number of benzene rings is 2. The van der Waals surface area contributed by atoms with Crippen molar-refractivity contribution in [1.29, 1.82) is 10.5 Å². The maximum absolute atomic E-state index is 9.74. The van der Waals surface area contributed by atoms with E-state index in [1.54, 1.807) is 0 Å². The Bertz CT molecular complexity index is 896. The maximum atomic E-state index is 9.74. The van der Waals surface area contributed by atoms with Crippen LogP contribution in [0.15, 0.2) is 24.3 Å². The van der Waals surface area contributed by atoms with Crippen molar-refractivity contribution in [1.82, 2.24) is 0 Å². The van der Waals surface area contributed by atoms with Gasteiger partial charge in [0.2, 0.25) is 0 Å². The predicted molar refractivity (Wildman–Crippen MR) is 101 cm³/mol. The van der Waals surface area contributed by atoms with E-state index in [1.807, 2.05) is 43.3 Å². The summed E-state index contributed by atoms with van der Waals surface area (Å²) in [7, 11) is 4.00. The highest BCUT2D eigenvalue weighted by molar-refractivity contribution is 5.86. The minimum atomic E-state index is 0.285. The van der Waals surface area contributed by atoms with Crippen LogP contribution in [0.1, 0.15) is 47.9 Å². The van der Waals surface area contributed by atoms with Crippen molar-refractivity contribution in [2.24, 2.45) is 0 Å². The third kappa shape index (κ3) is 2.71. The third-order valence-electron chi connectivity index (χ3n) is 5.14. The highest BCUT2D eigenvalue weighted by Crippen LogP contribution is 2.44. The topological polar surface area (TPSA) is 76.8 Å². The zero-order valence-electron chi connectivity index (χ0n) is 14.9. The van der Waals surface area contributed by atoms with Gasteiger partial charge in [-0.25, -0.2) is 0 Å². The summed E-state index contributed by atoms with van der Waals surface area (Å²) in [6.45, 7) is 2.14. The maximum Gasteiger partial charge on any atom is 0.102 e. The molecular formula is C21H22N4. The molecule has 1 atom stereocenters. The Hall–Kier alpha value is -2.98. The molecule has 25 heavy (non-hydrogen) atoms. The van der Waals surface area contributed by atoms with Gasteiger partial charge in [-0.2, -0.15) is 10.5 Å². The molecule has 2 aromatic rings. The van der Waals surface area contributed by atoms with Gasteiger partial charge in [-0.05, 0) is 54.0 Å². The first-order valence-electron chi connectivity index (χ1n) is 8.55. The van der Waals surface area contributed by atoms with Crippen molar-refractivity contribution in [3.8, 4) is 23.3 Å². The molecule has 0 amide bonds. The van der Waals surface area contributed by atoms with Gasteiger partial charge in [-0.15, -0.1) is 0 Å². The fourth-order valence-corrected chi connectivity index (χ4v) is 3.86. The number of hydrogen-bond donors (Lipinski definition) is 1. The number of rotatable bonds is 2. The van der Waals surface area contributed by atoms with Gasteiger partial charge in [0.1, 0.15) is 12.1 Å². The summed E-state index contributed by atoms with van der Waals surface area (Å²) < 4.78 is 0. The van der Waals surface area contributed by atoms with Gasteiger partial charge < -0.3 is 10.6 Å². The van der Waals surface area contributed by atoms with Crippen LogP contribution >= 0.6 is 0 Å². The Morgan fingerprint density at radius 3 is 2.28 bits per heavy atom. The average Bonchev–Trinajstić information content (AvgIpc) is 2.61. The van der Waals surface area contributed by atoms with Gasteiger partial charge in [0, 0.05) is 25.3 Å². The lowest BCUT2D eigenvalue weighted by Crippen LogP contribution is -2.15. The summed E-state index contributed by atoms with van der Waals surface area (Å²) >= 11 is 0. The fourth-order valence-electron chi connectivity index (χ4n) is 3.86. The molecule has 4 heteroatoms. The first kappa shape index (κ1) is 16.9. The minimum Gasteiger partial charge on any atom is -0.397 e. The smallest absolute Gasteiger partial charge is 0.102 e. The molecule has 1 aliphatic rings. The van der Waals surface area contributed by atoms with Gasteiger partial charge in [0.15, 0.2) is 0 Å². The zero-order valence-corrected chi connectivity index (χ0v) is 14.9. The molecule has 0 aromatic heterocycles. The van der Waals surface area contributed by atoms with Gasteiger partial charge in [-0.1, -0.05) is 19.1 Å². The van der Waals surface area contributed by atoms with Crippen LogP contribution < -0.4 is 10.6 Å². The van der Waals surface area contributed by atoms with Crippen LogP contribution in [0.2, 0.25) is 0 Å². The Balaban J connectivity index is 2.33. The van der Waals surface area contributed by atoms with E-state index >= 15 is 0 Å². The first-order chi connectivity index (χ1) is 12.0. The molecule has 2 aromatic carbocycles. The molecule has 0 saturated carbocycles. The molecule has 0 heterocycles. The number of nitrogens with two attached hydrogens (primary N) is 1. The van der Waals surface area contributed by atoms with Crippen LogP contribution in [-0.4, -0.2) is 14.1 Å². The Kier molecular flexibility index (Phi) is 4.38. The zero-order chi connectivity index (χ0) is 18.1. The second-order valence-corrected chi connectivity index (χ2v) is 6.89. The van der Waals surface area contributed by atoms with Crippen LogP contribution in [0.5, 0.6) is 0 Å². The van der Waals surface area contributed by atoms with Crippen LogP contribution in [-0.2, 0) is 6.42 Å². The molecule has 0 aliphatic heterocycles. The molecule has 0 bridgehead atoms. The van der Waals surface area contributed by atoms with Crippen molar-refractivity contribution in [3.05, 3.63) is 46.5 Å². The van der Waals surface area contributed by atoms with Crippen molar-refractivity contribution in [2.45, 2.75) is 32.1 Å². The fraction of sp³-hybridized carbons (Fsp3) is 0.333. The Morgan fingerprint density at radius 1 is 1.08 bits per heavy atom. The first-order valence-corrected chi connectivity index (χ1v) is 8.55. The minimum absolute atomic E-state index is 0.285. The molecule has 2 N–H and O–H groups in total. The largest absolute Gasteiger partial charge is 0.397 e. The molecule has 4 nitrogen and oxygen atoms in total. The monoisotopic (exact) mass is 330 g/mol. The molecule has 1 aliphatic carbocycles. The van der Waals surface area contributed by atoms with E-state index in [0.29, 0.717) is 16.8 Å². The third-order valence-corrected chi connectivity index (χ3v) is 5.14. The van der Waals surface area contributed by atoms with E-state index in [9.17, 15) is 10.5 Å². The lowest BCUT2D eigenvalue weighted by molar-refractivity contribution is 0.590. The van der Waals surface area contributed by atoms with Gasteiger partial charge >= 0.3 is 0 Å². The van der Waals surface area contributed by atoms with Crippen LogP contribution in [0.4, 0.5) is 11.4 Å². The van der Waals surface area contributed by atoms with Crippen LogP contribution in [0.25, 0.3) is 11.1 Å². The van der Waals surface area contributed by atoms with Crippen LogP contribution in [0.3, 0.4) is 0 Å². The van der Waals surface area contributed by atoms with Crippen molar-refractivity contribution in [3.63, 3.8) is 0 Å². The summed E-state index contributed by atoms with van der Waals surface area (Å²) in [5.74, 6) is 0.285. The van der Waals surface area contributed by atoms with E-state index in [4.69, 9.17) is 5.73 Å². The number of nitriles is 2. The normalized spacial score (nSPS) is 15.8. The van der Waals surface area contributed by atoms with E-state index < -0.39 is 0 Å². The summed E-state index contributed by atoms with van der Waals surface area (Å²) in [4.78, 5) is 2.04. The summed E-state index contributed by atoms with van der Waals surface area (Å²) in [5, 5.41) is 19.4. The molecule has 0 unspecified atom stereocenters. The summed E-state index contributed by atoms with van der Waals surface area (Å²) in [6, 6.07) is 12.7. The number of anilines is 2. The molecule has 0 spiro atoms. The van der Waals surface area contributed by atoms with Gasteiger partial charge in [-0.3, -0.25) is 0 Å². The number of fused-ring (bicyclic) bond motifs is 1. The van der Waals surface area contributed by atoms with E-state index in [0.717, 1.165) is 47.2 Å². The molecule has 126 valence electrons. The van der Waals surface area contributed by atoms with E-state index in [-0.39, 0.29) is 5.92 Å². The Labute approximate surface area is 149 Å². The lowest BCUT2D eigenvalue weighted by atomic mass is 9.75. The number of nitrogen functional groups attached to an aromatic ring is 1. The molecule has 3 rings (SSSR count). The number of hydrogen-bond acceptors (Lipinski definition) is 4. The SMILES string of the molecule is C[C@H]1CCCc2c(-c3ccc(N(C)C)cc3)c(C#N)c(N)c(C#N)c21. The highest BCUT2D eigenvalue weighted by atomic mass is 15.1. The van der Waals surface area contributed by atoms with Gasteiger partial charge in [0.05, 0.1) is 16.8 Å². The van der Waals surface area contributed by atoms with Crippen molar-refractivity contribution >= 4 is 11.4 Å². The summed E-state index contributed by atoms with van der Waals surface area (Å²) in [6.07, 6.45) is 3.00. The van der Waals surface area contributed by atoms with E-state index in [2.05, 4.69) is 19.1 Å². The predicted octanol–water partition coefficient (Wildman–Crippen LogP) is 4.18. The summed E-state index contributed by atoms with van der Waals surface area (Å²) in [5.41, 5.74) is 12.7. The van der Waals surface area contributed by atoms with E-state index in [1.165, 1.54) is 0 Å². The molecule has 0 fully saturated rings. The van der Waals surface area contributed by atoms with Gasteiger partial charge in [0.25, 0.3) is 0 Å². The molecule has 0 saturated heterocycles.